The Balaban J connectivity index is 1.87. The van der Waals surface area contributed by atoms with Crippen LogP contribution in [0.1, 0.15) is 30.4 Å². The van der Waals surface area contributed by atoms with Gasteiger partial charge in [0.05, 0.1) is 6.54 Å². The normalized spacial score (nSPS) is 16.2. The Morgan fingerprint density at radius 1 is 1.33 bits per heavy atom. The monoisotopic (exact) mass is 285 g/mol. The molecular weight excluding hydrogens is 262 g/mol. The van der Waals surface area contributed by atoms with E-state index in [2.05, 4.69) is 28.9 Å². The molecule has 1 aliphatic rings. The number of likely N-dealkylation sites (tertiary alicyclic amines) is 1. The number of nitrogens with zero attached hydrogens (tertiary/aromatic N) is 1. The van der Waals surface area contributed by atoms with E-state index in [0.29, 0.717) is 18.9 Å². The molecule has 0 saturated carbocycles. The highest BCUT2D eigenvalue weighted by molar-refractivity contribution is 5.73. The van der Waals surface area contributed by atoms with Crippen molar-refractivity contribution in [2.45, 2.75) is 25.8 Å². The third kappa shape index (κ3) is 5.22. The fourth-order valence-corrected chi connectivity index (χ4v) is 2.79. The van der Waals surface area contributed by atoms with Crippen molar-refractivity contribution in [1.82, 2.24) is 4.90 Å². The predicted molar refractivity (Wildman–Crippen MR) is 84.2 cm³/mol. The van der Waals surface area contributed by atoms with Gasteiger partial charge in [-0.2, -0.15) is 0 Å². The molecule has 21 heavy (non-hydrogen) atoms. The first-order valence-electron chi connectivity index (χ1n) is 7.46. The summed E-state index contributed by atoms with van der Waals surface area (Å²) in [6.07, 6.45) is 2.63. The quantitative estimate of drug-likeness (QED) is 0.813. The number of rotatable bonds is 4. The smallest absolute Gasteiger partial charge is 0.217 e. The Hall–Kier alpha value is -1.83. The van der Waals surface area contributed by atoms with Crippen molar-refractivity contribution in [3.8, 4) is 11.8 Å². The van der Waals surface area contributed by atoms with Crippen molar-refractivity contribution in [1.29, 1.82) is 0 Å². The minimum absolute atomic E-state index is 0.181. The van der Waals surface area contributed by atoms with Crippen LogP contribution in [0.4, 0.5) is 0 Å². The van der Waals surface area contributed by atoms with Crippen molar-refractivity contribution in [2.75, 3.05) is 19.6 Å². The highest BCUT2D eigenvalue weighted by Gasteiger charge is 2.20. The number of benzene rings is 1. The molecule has 1 aromatic rings. The second-order valence-corrected chi connectivity index (χ2v) is 5.60. The molecule has 1 fully saturated rings. The van der Waals surface area contributed by atoms with Gasteiger partial charge in [-0.15, -0.1) is 0 Å². The first-order chi connectivity index (χ1) is 10.2. The summed E-state index contributed by atoms with van der Waals surface area (Å²) >= 11 is 0. The Morgan fingerprint density at radius 3 is 2.76 bits per heavy atom. The zero-order valence-electron chi connectivity index (χ0n) is 12.3. The highest BCUT2D eigenvalue weighted by Crippen LogP contribution is 2.21. The maximum Gasteiger partial charge on any atom is 0.217 e. The number of hydrogen-bond acceptors (Lipinski definition) is 3. The van der Waals surface area contributed by atoms with Crippen molar-refractivity contribution in [2.24, 2.45) is 17.4 Å². The number of carbonyl (C=O) groups is 1. The highest BCUT2D eigenvalue weighted by atomic mass is 16.1. The van der Waals surface area contributed by atoms with Crippen molar-refractivity contribution in [3.05, 3.63) is 35.4 Å². The SMILES string of the molecule is NCC#Cc1cccc(CN2CCC(CC(N)=O)CC2)c1. The van der Waals surface area contributed by atoms with Crippen LogP contribution < -0.4 is 11.5 Å². The third-order valence-electron chi connectivity index (χ3n) is 3.86. The Kier molecular flexibility index (Phi) is 5.79. The van der Waals surface area contributed by atoms with Crippen LogP contribution in [0.3, 0.4) is 0 Å². The van der Waals surface area contributed by atoms with Crippen LogP contribution in [0.25, 0.3) is 0 Å². The predicted octanol–water partition coefficient (Wildman–Crippen LogP) is 1.08. The molecule has 2 rings (SSSR count). The molecule has 0 unspecified atom stereocenters. The molecule has 1 amide bonds. The molecule has 1 aromatic carbocycles. The zero-order valence-corrected chi connectivity index (χ0v) is 12.3. The van der Waals surface area contributed by atoms with Gasteiger partial charge in [0, 0.05) is 18.5 Å². The molecule has 4 nitrogen and oxygen atoms in total. The second kappa shape index (κ2) is 7.82. The van der Waals surface area contributed by atoms with Crippen LogP contribution in [0, 0.1) is 17.8 Å². The molecule has 1 aliphatic heterocycles. The fraction of sp³-hybridized carbons (Fsp3) is 0.471. The van der Waals surface area contributed by atoms with Crippen LogP contribution >= 0.6 is 0 Å². The molecule has 0 atom stereocenters. The summed E-state index contributed by atoms with van der Waals surface area (Å²) in [4.78, 5) is 13.4. The van der Waals surface area contributed by atoms with Gasteiger partial charge in [0.15, 0.2) is 0 Å². The molecule has 0 spiro atoms. The van der Waals surface area contributed by atoms with Gasteiger partial charge in [0.1, 0.15) is 0 Å². The lowest BCUT2D eigenvalue weighted by Gasteiger charge is -2.31. The molecule has 4 N–H and O–H groups in total. The standard InChI is InChI=1S/C17H23N3O/c18-8-2-5-14-3-1-4-16(11-14)13-20-9-6-15(7-10-20)12-17(19)21/h1,3-4,11,15H,6-10,12-13,18H2,(H2,19,21). The van der Waals surface area contributed by atoms with Gasteiger partial charge < -0.3 is 11.5 Å². The maximum absolute atomic E-state index is 11.0. The molecule has 4 heteroatoms. The van der Waals surface area contributed by atoms with Crippen LogP contribution in [-0.2, 0) is 11.3 Å². The van der Waals surface area contributed by atoms with Gasteiger partial charge in [-0.25, -0.2) is 0 Å². The van der Waals surface area contributed by atoms with E-state index in [1.54, 1.807) is 0 Å². The summed E-state index contributed by atoms with van der Waals surface area (Å²) in [5.41, 5.74) is 12.9. The number of hydrogen-bond donors (Lipinski definition) is 2. The third-order valence-corrected chi connectivity index (χ3v) is 3.86. The van der Waals surface area contributed by atoms with E-state index in [1.807, 2.05) is 12.1 Å². The number of piperidine rings is 1. The number of amides is 1. The molecule has 112 valence electrons. The lowest BCUT2D eigenvalue weighted by Crippen LogP contribution is -2.34. The lowest BCUT2D eigenvalue weighted by molar-refractivity contribution is -0.119. The van der Waals surface area contributed by atoms with E-state index in [4.69, 9.17) is 11.5 Å². The van der Waals surface area contributed by atoms with Gasteiger partial charge in [0.25, 0.3) is 0 Å². The minimum atomic E-state index is -0.181. The number of primary amides is 1. The van der Waals surface area contributed by atoms with E-state index < -0.39 is 0 Å². The molecule has 0 radical (unpaired) electrons. The minimum Gasteiger partial charge on any atom is -0.370 e. The molecule has 1 heterocycles. The van der Waals surface area contributed by atoms with Crippen molar-refractivity contribution < 1.29 is 4.79 Å². The molecule has 1 saturated heterocycles. The molecule has 0 bridgehead atoms. The number of nitrogens with two attached hydrogens (primary N) is 2. The first-order valence-corrected chi connectivity index (χ1v) is 7.46. The molecule has 0 aliphatic carbocycles. The molecule has 0 aromatic heterocycles. The topological polar surface area (TPSA) is 72.3 Å². The Morgan fingerprint density at radius 2 is 2.10 bits per heavy atom. The van der Waals surface area contributed by atoms with Crippen molar-refractivity contribution in [3.63, 3.8) is 0 Å². The number of carbonyl (C=O) groups excluding carboxylic acids is 1. The molecular formula is C17H23N3O. The van der Waals surface area contributed by atoms with Crippen LogP contribution in [0.2, 0.25) is 0 Å². The van der Waals surface area contributed by atoms with Gasteiger partial charge in [-0.3, -0.25) is 9.69 Å². The van der Waals surface area contributed by atoms with Gasteiger partial charge >= 0.3 is 0 Å². The van der Waals surface area contributed by atoms with Gasteiger partial charge in [-0.1, -0.05) is 24.0 Å². The van der Waals surface area contributed by atoms with Crippen LogP contribution in [0.5, 0.6) is 0 Å². The van der Waals surface area contributed by atoms with E-state index in [-0.39, 0.29) is 5.91 Å². The first kappa shape index (κ1) is 15.6. The van der Waals surface area contributed by atoms with E-state index in [0.717, 1.165) is 38.0 Å². The summed E-state index contributed by atoms with van der Waals surface area (Å²) in [6, 6.07) is 8.29. The summed E-state index contributed by atoms with van der Waals surface area (Å²) < 4.78 is 0. The summed E-state index contributed by atoms with van der Waals surface area (Å²) in [5, 5.41) is 0. The summed E-state index contributed by atoms with van der Waals surface area (Å²) in [5.74, 6) is 6.22. The average Bonchev–Trinajstić information content (AvgIpc) is 2.47. The van der Waals surface area contributed by atoms with Crippen LogP contribution in [-0.4, -0.2) is 30.4 Å². The Labute approximate surface area is 126 Å². The zero-order chi connectivity index (χ0) is 15.1. The average molecular weight is 285 g/mol. The van der Waals surface area contributed by atoms with E-state index >= 15 is 0 Å². The van der Waals surface area contributed by atoms with Crippen molar-refractivity contribution >= 4 is 5.91 Å². The second-order valence-electron chi connectivity index (χ2n) is 5.60. The summed E-state index contributed by atoms with van der Waals surface area (Å²) in [6.45, 7) is 3.37. The maximum atomic E-state index is 11.0. The van der Waals surface area contributed by atoms with Crippen LogP contribution in [0.15, 0.2) is 24.3 Å². The Bertz CT molecular complexity index is 536. The largest absolute Gasteiger partial charge is 0.370 e. The summed E-state index contributed by atoms with van der Waals surface area (Å²) in [7, 11) is 0. The van der Waals surface area contributed by atoms with E-state index in [1.165, 1.54) is 5.56 Å². The fourth-order valence-electron chi connectivity index (χ4n) is 2.79. The van der Waals surface area contributed by atoms with E-state index in [9.17, 15) is 4.79 Å². The van der Waals surface area contributed by atoms with Gasteiger partial charge in [0.2, 0.25) is 5.91 Å². The lowest BCUT2D eigenvalue weighted by atomic mass is 9.93. The van der Waals surface area contributed by atoms with Gasteiger partial charge in [-0.05, 0) is 49.5 Å².